The number of nitrogens with one attached hydrogen (secondary N) is 1. The molecule has 21 heavy (non-hydrogen) atoms. The lowest BCUT2D eigenvalue weighted by Gasteiger charge is -2.19. The second kappa shape index (κ2) is 5.60. The first kappa shape index (κ1) is 14.3. The molecule has 2 fully saturated rings. The molecule has 4 nitrogen and oxygen atoms in total. The largest absolute Gasteiger partial charge is 0.299 e. The van der Waals surface area contributed by atoms with E-state index in [0.717, 1.165) is 24.8 Å². The van der Waals surface area contributed by atoms with Crippen LogP contribution in [0.1, 0.15) is 50.3 Å². The Bertz CT molecular complexity index is 548. The second-order valence-corrected chi connectivity index (χ2v) is 6.07. The van der Waals surface area contributed by atoms with E-state index in [0.29, 0.717) is 6.42 Å². The number of benzene rings is 1. The van der Waals surface area contributed by atoms with E-state index < -0.39 is 0 Å². The molecule has 2 unspecified atom stereocenters. The third kappa shape index (κ3) is 2.86. The fraction of sp³-hybridized carbons (Fsp3) is 0.529. The molecule has 1 aromatic rings. The zero-order valence-corrected chi connectivity index (χ0v) is 12.6. The lowest BCUT2D eigenvalue weighted by Crippen LogP contribution is -2.40. The number of rotatable bonds is 5. The third-order valence-corrected chi connectivity index (χ3v) is 4.43. The van der Waals surface area contributed by atoms with Crippen LogP contribution >= 0.6 is 0 Å². The number of imide groups is 1. The molecule has 3 rings (SSSR count). The predicted octanol–water partition coefficient (Wildman–Crippen LogP) is 2.19. The molecule has 2 atom stereocenters. The summed E-state index contributed by atoms with van der Waals surface area (Å²) in [7, 11) is 0. The van der Waals surface area contributed by atoms with Crippen molar-refractivity contribution in [3.8, 4) is 0 Å². The van der Waals surface area contributed by atoms with Crippen molar-refractivity contribution in [3.63, 3.8) is 0 Å². The van der Waals surface area contributed by atoms with E-state index in [1.165, 1.54) is 10.5 Å². The van der Waals surface area contributed by atoms with Crippen LogP contribution in [-0.4, -0.2) is 28.8 Å². The molecule has 0 bridgehead atoms. The first-order valence-corrected chi connectivity index (χ1v) is 7.81. The van der Waals surface area contributed by atoms with E-state index in [4.69, 9.17) is 0 Å². The van der Waals surface area contributed by atoms with E-state index in [1.54, 1.807) is 0 Å². The number of aryl methyl sites for hydroxylation is 1. The molecule has 1 N–H and O–H groups in total. The van der Waals surface area contributed by atoms with Gasteiger partial charge < -0.3 is 0 Å². The van der Waals surface area contributed by atoms with Crippen LogP contribution in [0.2, 0.25) is 0 Å². The van der Waals surface area contributed by atoms with E-state index in [1.807, 2.05) is 6.92 Å². The Kier molecular flexibility index (Phi) is 3.81. The number of amides is 2. The number of nitrogens with zero attached hydrogens (tertiary/aromatic N) is 1. The highest BCUT2D eigenvalue weighted by atomic mass is 16.2. The molecule has 1 saturated carbocycles. The van der Waals surface area contributed by atoms with Crippen LogP contribution in [0.3, 0.4) is 0 Å². The molecule has 0 radical (unpaired) electrons. The summed E-state index contributed by atoms with van der Waals surface area (Å²) in [5.74, 6) is -0.0620. The van der Waals surface area contributed by atoms with Crippen LogP contribution in [0.4, 0.5) is 0 Å². The number of hydrogen-bond acceptors (Lipinski definition) is 3. The highest BCUT2D eigenvalue weighted by molar-refractivity contribution is 6.06. The Hall–Kier alpha value is -1.68. The van der Waals surface area contributed by atoms with Gasteiger partial charge >= 0.3 is 0 Å². The van der Waals surface area contributed by atoms with Gasteiger partial charge in [-0.15, -0.1) is 0 Å². The Labute approximate surface area is 125 Å². The molecule has 2 amide bonds. The molecule has 1 aromatic carbocycles. The molecular formula is C17H22N2O2. The average Bonchev–Trinajstić information content (AvgIpc) is 3.27. The Morgan fingerprint density at radius 2 is 1.90 bits per heavy atom. The van der Waals surface area contributed by atoms with Crippen molar-refractivity contribution in [1.82, 2.24) is 10.2 Å². The van der Waals surface area contributed by atoms with Gasteiger partial charge in [-0.2, -0.15) is 0 Å². The minimum Gasteiger partial charge on any atom is -0.299 e. The fourth-order valence-corrected chi connectivity index (χ4v) is 2.94. The molecule has 0 spiro atoms. The van der Waals surface area contributed by atoms with E-state index in [9.17, 15) is 9.59 Å². The molecule has 1 heterocycles. The summed E-state index contributed by atoms with van der Waals surface area (Å²) in [4.78, 5) is 25.7. The van der Waals surface area contributed by atoms with Crippen LogP contribution in [0.15, 0.2) is 24.3 Å². The van der Waals surface area contributed by atoms with Gasteiger partial charge in [0.1, 0.15) is 0 Å². The zero-order valence-electron chi connectivity index (χ0n) is 12.6. The quantitative estimate of drug-likeness (QED) is 0.844. The molecule has 1 saturated heterocycles. The Morgan fingerprint density at radius 1 is 1.24 bits per heavy atom. The van der Waals surface area contributed by atoms with Gasteiger partial charge in [0.15, 0.2) is 0 Å². The van der Waals surface area contributed by atoms with Gasteiger partial charge in [-0.3, -0.25) is 19.8 Å². The van der Waals surface area contributed by atoms with Crippen molar-refractivity contribution in [2.24, 2.45) is 0 Å². The summed E-state index contributed by atoms with van der Waals surface area (Å²) >= 11 is 0. The maximum Gasteiger partial charge on any atom is 0.247 e. The topological polar surface area (TPSA) is 49.4 Å². The maximum absolute atomic E-state index is 12.3. The zero-order chi connectivity index (χ0) is 15.0. The first-order chi connectivity index (χ1) is 10.1. The van der Waals surface area contributed by atoms with Gasteiger partial charge in [-0.25, -0.2) is 0 Å². The first-order valence-electron chi connectivity index (χ1n) is 7.81. The van der Waals surface area contributed by atoms with Crippen molar-refractivity contribution in [2.45, 2.75) is 57.7 Å². The third-order valence-electron chi connectivity index (χ3n) is 4.43. The van der Waals surface area contributed by atoms with Crippen LogP contribution in [0.5, 0.6) is 0 Å². The summed E-state index contributed by atoms with van der Waals surface area (Å²) in [5.41, 5.74) is 2.45. The highest BCUT2D eigenvalue weighted by Gasteiger charge is 2.46. The Balaban J connectivity index is 1.65. The van der Waals surface area contributed by atoms with Crippen molar-refractivity contribution < 1.29 is 9.59 Å². The minimum atomic E-state index is -0.362. The van der Waals surface area contributed by atoms with Gasteiger partial charge in [0.25, 0.3) is 0 Å². The van der Waals surface area contributed by atoms with E-state index in [2.05, 4.69) is 36.5 Å². The monoisotopic (exact) mass is 286 g/mol. The van der Waals surface area contributed by atoms with E-state index in [-0.39, 0.29) is 29.9 Å². The summed E-state index contributed by atoms with van der Waals surface area (Å²) in [6.07, 6.45) is 3.26. The van der Waals surface area contributed by atoms with Crippen LogP contribution in [0, 0.1) is 0 Å². The molecule has 1 aliphatic carbocycles. The molecular weight excluding hydrogens is 264 g/mol. The summed E-state index contributed by atoms with van der Waals surface area (Å²) in [6, 6.07) is 8.30. The van der Waals surface area contributed by atoms with Crippen LogP contribution in [0.25, 0.3) is 0 Å². The summed E-state index contributed by atoms with van der Waals surface area (Å²) in [5, 5.41) is 3.31. The van der Waals surface area contributed by atoms with Gasteiger partial charge in [0, 0.05) is 12.1 Å². The van der Waals surface area contributed by atoms with Crippen LogP contribution < -0.4 is 5.32 Å². The molecule has 4 heteroatoms. The maximum atomic E-state index is 12.3. The van der Waals surface area contributed by atoms with E-state index >= 15 is 0 Å². The normalized spacial score (nSPS) is 23.7. The molecule has 112 valence electrons. The standard InChI is InChI=1S/C17H22N2O2/c1-3-12-4-6-13(7-5-12)11(2)18-15-10-16(20)19(17(15)21)14-8-9-14/h4-7,11,14-15,18H,3,8-10H2,1-2H3. The minimum absolute atomic E-state index is 0.0199. The predicted molar refractivity (Wildman–Crippen MR) is 80.7 cm³/mol. The second-order valence-electron chi connectivity index (χ2n) is 6.07. The van der Waals surface area contributed by atoms with Crippen molar-refractivity contribution in [3.05, 3.63) is 35.4 Å². The highest BCUT2D eigenvalue weighted by Crippen LogP contribution is 2.32. The lowest BCUT2D eigenvalue weighted by atomic mass is 10.0. The number of carbonyl (C=O) groups is 2. The van der Waals surface area contributed by atoms with Gasteiger partial charge in [0.05, 0.1) is 12.5 Å². The van der Waals surface area contributed by atoms with Crippen molar-refractivity contribution in [2.75, 3.05) is 0 Å². The summed E-state index contributed by atoms with van der Waals surface area (Å²) in [6.45, 7) is 4.17. The van der Waals surface area contributed by atoms with Crippen LogP contribution in [-0.2, 0) is 16.0 Å². The number of likely N-dealkylation sites (tertiary alicyclic amines) is 1. The average molecular weight is 286 g/mol. The molecule has 0 aromatic heterocycles. The van der Waals surface area contributed by atoms with Crippen molar-refractivity contribution >= 4 is 11.8 Å². The Morgan fingerprint density at radius 3 is 2.48 bits per heavy atom. The SMILES string of the molecule is CCc1ccc(C(C)NC2CC(=O)N(C3CC3)C2=O)cc1. The molecule has 1 aliphatic heterocycles. The van der Waals surface area contributed by atoms with Crippen molar-refractivity contribution in [1.29, 1.82) is 0 Å². The number of carbonyl (C=O) groups excluding carboxylic acids is 2. The molecule has 2 aliphatic rings. The smallest absolute Gasteiger partial charge is 0.247 e. The lowest BCUT2D eigenvalue weighted by molar-refractivity contribution is -0.139. The summed E-state index contributed by atoms with van der Waals surface area (Å²) < 4.78 is 0. The van der Waals surface area contributed by atoms with Gasteiger partial charge in [-0.05, 0) is 37.3 Å². The fourth-order valence-electron chi connectivity index (χ4n) is 2.94. The van der Waals surface area contributed by atoms with Gasteiger partial charge in [0.2, 0.25) is 11.8 Å². The van der Waals surface area contributed by atoms with Gasteiger partial charge in [-0.1, -0.05) is 31.2 Å². The number of hydrogen-bond donors (Lipinski definition) is 1.